The monoisotopic (exact) mass is 365 g/mol. The number of non-ortho nitro benzene ring substituents is 1. The number of nitrogens with zero attached hydrogens (tertiary/aromatic N) is 1. The maximum absolute atomic E-state index is 12.3. The second-order valence-corrected chi connectivity index (χ2v) is 6.75. The molecule has 142 valence electrons. The van der Waals surface area contributed by atoms with Gasteiger partial charge in [0.15, 0.2) is 0 Å². The molecule has 0 saturated carbocycles. The summed E-state index contributed by atoms with van der Waals surface area (Å²) in [4.78, 5) is 45.5. The maximum Gasteiger partial charge on any atom is 0.408 e. The molecule has 0 radical (unpaired) electrons. The predicted octanol–water partition coefficient (Wildman–Crippen LogP) is 1.74. The summed E-state index contributed by atoms with van der Waals surface area (Å²) >= 11 is 0. The number of ether oxygens (including phenoxy) is 1. The molecule has 1 aromatic rings. The highest BCUT2D eigenvalue weighted by molar-refractivity contribution is 5.89. The van der Waals surface area contributed by atoms with Crippen LogP contribution in [0.4, 0.5) is 10.5 Å². The summed E-state index contributed by atoms with van der Waals surface area (Å²) in [5, 5.41) is 15.6. The van der Waals surface area contributed by atoms with E-state index in [2.05, 4.69) is 10.6 Å². The average Bonchev–Trinajstić information content (AvgIpc) is 2.50. The van der Waals surface area contributed by atoms with E-state index in [1.807, 2.05) is 0 Å². The van der Waals surface area contributed by atoms with E-state index in [0.29, 0.717) is 5.56 Å². The number of carbonyl (C=O) groups excluding carboxylic acids is 3. The second-order valence-electron chi connectivity index (χ2n) is 6.75. The van der Waals surface area contributed by atoms with Crippen LogP contribution >= 0.6 is 0 Å². The molecule has 0 aliphatic rings. The maximum atomic E-state index is 12.3. The molecule has 1 rings (SSSR count). The normalized spacial score (nSPS) is 12.0. The molecular formula is C17H23N3O6. The Bertz CT molecular complexity index is 679. The zero-order chi connectivity index (χ0) is 19.9. The van der Waals surface area contributed by atoms with Gasteiger partial charge in [0.05, 0.1) is 11.5 Å². The number of nitro benzene ring substituents is 1. The molecule has 0 bridgehead atoms. The van der Waals surface area contributed by atoms with Gasteiger partial charge < -0.3 is 15.4 Å². The Labute approximate surface area is 151 Å². The lowest BCUT2D eigenvalue weighted by Gasteiger charge is -2.23. The molecule has 2 N–H and O–H groups in total. The summed E-state index contributed by atoms with van der Waals surface area (Å²) in [7, 11) is 0. The minimum atomic E-state index is -0.995. The van der Waals surface area contributed by atoms with Crippen molar-refractivity contribution in [2.75, 3.05) is 6.54 Å². The third-order valence-corrected chi connectivity index (χ3v) is 3.11. The minimum absolute atomic E-state index is 0.0774. The first-order valence-corrected chi connectivity index (χ1v) is 7.98. The van der Waals surface area contributed by atoms with Crippen LogP contribution in [-0.2, 0) is 20.7 Å². The van der Waals surface area contributed by atoms with Crippen molar-refractivity contribution in [3.05, 3.63) is 39.9 Å². The molecule has 0 aromatic heterocycles. The Morgan fingerprint density at radius 2 is 1.77 bits per heavy atom. The van der Waals surface area contributed by atoms with E-state index in [0.717, 1.165) is 0 Å². The minimum Gasteiger partial charge on any atom is -0.444 e. The Balaban J connectivity index is 2.88. The van der Waals surface area contributed by atoms with Gasteiger partial charge in [-0.05, 0) is 33.3 Å². The molecule has 0 fully saturated rings. The number of amides is 2. The van der Waals surface area contributed by atoms with E-state index in [4.69, 9.17) is 4.74 Å². The van der Waals surface area contributed by atoms with E-state index in [-0.39, 0.29) is 24.4 Å². The lowest BCUT2D eigenvalue weighted by atomic mass is 10.0. The Morgan fingerprint density at radius 3 is 2.23 bits per heavy atom. The lowest BCUT2D eigenvalue weighted by Crippen LogP contribution is -2.50. The number of Topliss-reactive ketones (excluding diaryl/α,β-unsaturated/α-hetero) is 1. The van der Waals surface area contributed by atoms with E-state index >= 15 is 0 Å². The standard InChI is InChI=1S/C17H23N3O6/c1-11(21)10-18-15(22)14(19-16(23)26-17(2,3)4)9-12-5-7-13(8-6-12)20(24)25/h5-8,14H,9-10H2,1-4H3,(H,18,22)(H,19,23)/t14-/m0/s1. The van der Waals surface area contributed by atoms with E-state index in [9.17, 15) is 24.5 Å². The fourth-order valence-corrected chi connectivity index (χ4v) is 1.98. The highest BCUT2D eigenvalue weighted by atomic mass is 16.6. The molecule has 9 heteroatoms. The summed E-state index contributed by atoms with van der Waals surface area (Å²) in [6.45, 7) is 6.23. The third-order valence-electron chi connectivity index (χ3n) is 3.11. The Kier molecular flexibility index (Phi) is 7.24. The summed E-state index contributed by atoms with van der Waals surface area (Å²) in [6.07, 6.45) is -0.691. The van der Waals surface area contributed by atoms with Crippen molar-refractivity contribution in [1.29, 1.82) is 0 Å². The molecule has 1 aromatic carbocycles. The molecule has 0 heterocycles. The highest BCUT2D eigenvalue weighted by Crippen LogP contribution is 2.14. The van der Waals surface area contributed by atoms with Crippen LogP contribution in [0.15, 0.2) is 24.3 Å². The molecule has 0 saturated heterocycles. The number of rotatable bonds is 7. The Morgan fingerprint density at radius 1 is 1.19 bits per heavy atom. The lowest BCUT2D eigenvalue weighted by molar-refractivity contribution is -0.384. The van der Waals surface area contributed by atoms with E-state index in [1.165, 1.54) is 31.2 Å². The number of hydrogen-bond acceptors (Lipinski definition) is 6. The second kappa shape index (κ2) is 8.93. The van der Waals surface area contributed by atoms with Crippen LogP contribution in [0.5, 0.6) is 0 Å². The molecule has 9 nitrogen and oxygen atoms in total. The van der Waals surface area contributed by atoms with Crippen LogP contribution in [-0.4, -0.2) is 40.9 Å². The number of carbonyl (C=O) groups is 3. The first-order valence-electron chi connectivity index (χ1n) is 7.98. The van der Waals surface area contributed by atoms with Gasteiger partial charge in [0.25, 0.3) is 5.69 Å². The van der Waals surface area contributed by atoms with E-state index in [1.54, 1.807) is 20.8 Å². The van der Waals surface area contributed by atoms with Gasteiger partial charge >= 0.3 is 6.09 Å². The fourth-order valence-electron chi connectivity index (χ4n) is 1.98. The smallest absolute Gasteiger partial charge is 0.408 e. The fraction of sp³-hybridized carbons (Fsp3) is 0.471. The van der Waals surface area contributed by atoms with Gasteiger partial charge in [-0.1, -0.05) is 12.1 Å². The molecule has 2 amide bonds. The van der Waals surface area contributed by atoms with Gasteiger partial charge in [-0.3, -0.25) is 19.7 Å². The van der Waals surface area contributed by atoms with Crippen molar-refractivity contribution in [2.45, 2.75) is 45.8 Å². The Hall–Kier alpha value is -2.97. The van der Waals surface area contributed by atoms with Gasteiger partial charge in [0.2, 0.25) is 5.91 Å². The average molecular weight is 365 g/mol. The molecule has 0 spiro atoms. The summed E-state index contributed by atoms with van der Waals surface area (Å²) in [6, 6.07) is 4.63. The number of alkyl carbamates (subject to hydrolysis) is 1. The number of benzene rings is 1. The molecule has 0 aliphatic heterocycles. The molecule has 0 unspecified atom stereocenters. The van der Waals surface area contributed by atoms with Crippen molar-refractivity contribution in [2.24, 2.45) is 0 Å². The van der Waals surface area contributed by atoms with Crippen LogP contribution < -0.4 is 10.6 Å². The molecule has 26 heavy (non-hydrogen) atoms. The molecule has 1 atom stereocenters. The van der Waals surface area contributed by atoms with E-state index < -0.39 is 28.6 Å². The van der Waals surface area contributed by atoms with Gasteiger partial charge in [-0.2, -0.15) is 0 Å². The van der Waals surface area contributed by atoms with Crippen LogP contribution in [0.1, 0.15) is 33.3 Å². The molecule has 0 aliphatic carbocycles. The van der Waals surface area contributed by atoms with Gasteiger partial charge in [-0.15, -0.1) is 0 Å². The zero-order valence-corrected chi connectivity index (χ0v) is 15.2. The number of hydrogen-bond donors (Lipinski definition) is 2. The van der Waals surface area contributed by atoms with Crippen LogP contribution in [0.25, 0.3) is 0 Å². The van der Waals surface area contributed by atoms with Gasteiger partial charge in [-0.25, -0.2) is 4.79 Å². The first kappa shape index (κ1) is 21.1. The number of nitro groups is 1. The summed E-state index contributed by atoms with van der Waals surface area (Å²) in [5.74, 6) is -0.783. The van der Waals surface area contributed by atoms with Crippen molar-refractivity contribution in [3.63, 3.8) is 0 Å². The highest BCUT2D eigenvalue weighted by Gasteiger charge is 2.25. The molecular weight excluding hydrogens is 342 g/mol. The van der Waals surface area contributed by atoms with Gasteiger partial charge in [0.1, 0.15) is 17.4 Å². The van der Waals surface area contributed by atoms with Crippen LogP contribution in [0, 0.1) is 10.1 Å². The van der Waals surface area contributed by atoms with Crippen molar-refractivity contribution < 1.29 is 24.0 Å². The third kappa shape index (κ3) is 7.73. The number of ketones is 1. The predicted molar refractivity (Wildman–Crippen MR) is 93.6 cm³/mol. The SMILES string of the molecule is CC(=O)CNC(=O)[C@H](Cc1ccc([N+](=O)[O-])cc1)NC(=O)OC(C)(C)C. The van der Waals surface area contributed by atoms with Gasteiger partial charge in [0, 0.05) is 18.6 Å². The van der Waals surface area contributed by atoms with Crippen LogP contribution in [0.2, 0.25) is 0 Å². The summed E-state index contributed by atoms with van der Waals surface area (Å²) < 4.78 is 5.15. The topological polar surface area (TPSA) is 128 Å². The first-order chi connectivity index (χ1) is 12.0. The van der Waals surface area contributed by atoms with Crippen molar-refractivity contribution in [3.8, 4) is 0 Å². The zero-order valence-electron chi connectivity index (χ0n) is 15.2. The van der Waals surface area contributed by atoms with Crippen LogP contribution in [0.3, 0.4) is 0 Å². The van der Waals surface area contributed by atoms with Crippen molar-refractivity contribution in [1.82, 2.24) is 10.6 Å². The summed E-state index contributed by atoms with van der Waals surface area (Å²) in [5.41, 5.74) is -0.209. The quantitative estimate of drug-likeness (QED) is 0.559. The largest absolute Gasteiger partial charge is 0.444 e. The number of nitrogens with one attached hydrogen (secondary N) is 2. The van der Waals surface area contributed by atoms with Crippen molar-refractivity contribution >= 4 is 23.5 Å².